The molecule has 1 aliphatic rings. The van der Waals surface area contributed by atoms with Crippen LogP contribution >= 0.6 is 34.4 Å². The predicted molar refractivity (Wildman–Crippen MR) is 73.5 cm³/mol. The monoisotopic (exact) mass is 335 g/mol. The highest BCUT2D eigenvalue weighted by Crippen LogP contribution is 2.30. The Labute approximate surface area is 108 Å². The van der Waals surface area contributed by atoms with E-state index in [0.29, 0.717) is 4.75 Å². The van der Waals surface area contributed by atoms with Crippen molar-refractivity contribution < 1.29 is 0 Å². The van der Waals surface area contributed by atoms with Crippen molar-refractivity contribution >= 4 is 40.3 Å². The van der Waals surface area contributed by atoms with Gasteiger partial charge >= 0.3 is 0 Å². The SMILES string of the molecule is CC1(C)CN(c2ncc(I)cn2)CCS1. The van der Waals surface area contributed by atoms with Crippen LogP contribution in [0, 0.1) is 3.57 Å². The van der Waals surface area contributed by atoms with Crippen molar-refractivity contribution in [1.29, 1.82) is 0 Å². The van der Waals surface area contributed by atoms with Crippen LogP contribution in [0.1, 0.15) is 13.8 Å². The highest BCUT2D eigenvalue weighted by atomic mass is 127. The Bertz CT molecular complexity index is 339. The van der Waals surface area contributed by atoms with Crippen molar-refractivity contribution in [3.63, 3.8) is 0 Å². The number of hydrogen-bond acceptors (Lipinski definition) is 4. The van der Waals surface area contributed by atoms with Gasteiger partial charge in [-0.2, -0.15) is 11.8 Å². The molecule has 0 aliphatic carbocycles. The molecule has 5 heteroatoms. The summed E-state index contributed by atoms with van der Waals surface area (Å²) in [7, 11) is 0. The third-order valence-electron chi connectivity index (χ3n) is 2.32. The van der Waals surface area contributed by atoms with Crippen LogP contribution in [0.15, 0.2) is 12.4 Å². The van der Waals surface area contributed by atoms with Crippen molar-refractivity contribution in [2.45, 2.75) is 18.6 Å². The molecule has 0 atom stereocenters. The second kappa shape index (κ2) is 4.45. The summed E-state index contributed by atoms with van der Waals surface area (Å²) in [4.78, 5) is 11.0. The maximum atomic E-state index is 4.37. The largest absolute Gasteiger partial charge is 0.339 e. The standard InChI is InChI=1S/C10H14IN3S/c1-10(2)7-14(3-4-15-10)9-12-5-8(11)6-13-9/h5-6H,3-4,7H2,1-2H3. The predicted octanol–water partition coefficient (Wildman–Crippen LogP) is 2.41. The van der Waals surface area contributed by atoms with Crippen molar-refractivity contribution in [3.05, 3.63) is 16.0 Å². The molecule has 2 heterocycles. The van der Waals surface area contributed by atoms with E-state index >= 15 is 0 Å². The molecule has 1 fully saturated rings. The van der Waals surface area contributed by atoms with Crippen LogP contribution in [0.2, 0.25) is 0 Å². The van der Waals surface area contributed by atoms with Gasteiger partial charge in [-0.1, -0.05) is 0 Å². The minimum atomic E-state index is 0.310. The molecule has 0 bridgehead atoms. The number of nitrogens with zero attached hydrogens (tertiary/aromatic N) is 3. The van der Waals surface area contributed by atoms with Gasteiger partial charge < -0.3 is 4.90 Å². The maximum Gasteiger partial charge on any atom is 0.225 e. The lowest BCUT2D eigenvalue weighted by atomic mass is 10.2. The zero-order chi connectivity index (χ0) is 10.9. The van der Waals surface area contributed by atoms with Gasteiger partial charge in [-0.15, -0.1) is 0 Å². The Kier molecular flexibility index (Phi) is 3.39. The number of anilines is 1. The Morgan fingerprint density at radius 3 is 2.67 bits per heavy atom. The van der Waals surface area contributed by atoms with Crippen LogP contribution in [0.4, 0.5) is 5.95 Å². The topological polar surface area (TPSA) is 29.0 Å². The van der Waals surface area contributed by atoms with Gasteiger partial charge in [0.15, 0.2) is 0 Å². The van der Waals surface area contributed by atoms with Crippen molar-refractivity contribution in [3.8, 4) is 0 Å². The lowest BCUT2D eigenvalue weighted by Crippen LogP contribution is -2.43. The fraction of sp³-hybridized carbons (Fsp3) is 0.600. The molecule has 0 spiro atoms. The normalized spacial score (nSPS) is 20.3. The molecule has 1 aliphatic heterocycles. The first kappa shape index (κ1) is 11.4. The summed E-state index contributed by atoms with van der Waals surface area (Å²) in [5.41, 5.74) is 0. The molecule has 0 aromatic carbocycles. The van der Waals surface area contributed by atoms with E-state index in [-0.39, 0.29) is 0 Å². The van der Waals surface area contributed by atoms with E-state index in [2.05, 4.69) is 51.3 Å². The van der Waals surface area contributed by atoms with Crippen LogP contribution in [-0.2, 0) is 0 Å². The summed E-state index contributed by atoms with van der Waals surface area (Å²) in [5, 5.41) is 0. The molecule has 2 rings (SSSR count). The molecule has 0 unspecified atom stereocenters. The van der Waals surface area contributed by atoms with Gasteiger partial charge in [0.25, 0.3) is 0 Å². The van der Waals surface area contributed by atoms with Gasteiger partial charge in [-0.25, -0.2) is 9.97 Å². The maximum absolute atomic E-state index is 4.37. The number of rotatable bonds is 1. The van der Waals surface area contributed by atoms with Gasteiger partial charge in [0.1, 0.15) is 0 Å². The van der Waals surface area contributed by atoms with Crippen molar-refractivity contribution in [2.24, 2.45) is 0 Å². The summed E-state index contributed by atoms with van der Waals surface area (Å²) in [6.07, 6.45) is 3.75. The molecule has 82 valence electrons. The Morgan fingerprint density at radius 1 is 1.40 bits per heavy atom. The smallest absolute Gasteiger partial charge is 0.225 e. The zero-order valence-corrected chi connectivity index (χ0v) is 11.9. The lowest BCUT2D eigenvalue weighted by Gasteiger charge is -2.37. The molecule has 15 heavy (non-hydrogen) atoms. The first-order valence-electron chi connectivity index (χ1n) is 4.93. The molecular formula is C10H14IN3S. The van der Waals surface area contributed by atoms with Gasteiger partial charge in [-0.3, -0.25) is 0 Å². The molecule has 0 saturated carbocycles. The highest BCUT2D eigenvalue weighted by molar-refractivity contribution is 14.1. The molecule has 3 nitrogen and oxygen atoms in total. The average molecular weight is 335 g/mol. The van der Waals surface area contributed by atoms with Crippen molar-refractivity contribution in [1.82, 2.24) is 9.97 Å². The van der Waals surface area contributed by atoms with Crippen LogP contribution in [0.5, 0.6) is 0 Å². The van der Waals surface area contributed by atoms with E-state index in [9.17, 15) is 0 Å². The lowest BCUT2D eigenvalue weighted by molar-refractivity contribution is 0.635. The van der Waals surface area contributed by atoms with Crippen LogP contribution in [0.25, 0.3) is 0 Å². The third kappa shape index (κ3) is 2.96. The van der Waals surface area contributed by atoms with Crippen LogP contribution in [-0.4, -0.2) is 33.6 Å². The van der Waals surface area contributed by atoms with E-state index < -0.39 is 0 Å². The summed E-state index contributed by atoms with van der Waals surface area (Å²) >= 11 is 4.25. The molecule has 1 saturated heterocycles. The number of aromatic nitrogens is 2. The molecule has 0 N–H and O–H groups in total. The van der Waals surface area contributed by atoms with Gasteiger partial charge in [0.05, 0.1) is 0 Å². The summed E-state index contributed by atoms with van der Waals surface area (Å²) in [6.45, 7) is 6.62. The second-order valence-corrected chi connectivity index (χ2v) is 7.28. The van der Waals surface area contributed by atoms with Gasteiger partial charge in [-0.05, 0) is 36.4 Å². The third-order valence-corrected chi connectivity index (χ3v) is 4.17. The van der Waals surface area contributed by atoms with E-state index in [1.165, 1.54) is 0 Å². The fourth-order valence-electron chi connectivity index (χ4n) is 1.66. The Balaban J connectivity index is 2.13. The molecule has 0 amide bonds. The van der Waals surface area contributed by atoms with E-state index in [4.69, 9.17) is 0 Å². The fourth-order valence-corrected chi connectivity index (χ4v) is 3.05. The van der Waals surface area contributed by atoms with Crippen LogP contribution in [0.3, 0.4) is 0 Å². The van der Waals surface area contributed by atoms with Crippen molar-refractivity contribution in [2.75, 3.05) is 23.7 Å². The zero-order valence-electron chi connectivity index (χ0n) is 8.90. The second-order valence-electron chi connectivity index (χ2n) is 4.23. The Morgan fingerprint density at radius 2 is 2.07 bits per heavy atom. The number of thioether (sulfide) groups is 1. The molecule has 0 radical (unpaired) electrons. The molecular weight excluding hydrogens is 321 g/mol. The summed E-state index contributed by atoms with van der Waals surface area (Å²) in [6, 6.07) is 0. The Hall–Kier alpha value is -0.0400. The molecule has 1 aromatic heterocycles. The number of hydrogen-bond donors (Lipinski definition) is 0. The summed E-state index contributed by atoms with van der Waals surface area (Å²) < 4.78 is 1.40. The average Bonchev–Trinajstić information content (AvgIpc) is 2.17. The first-order chi connectivity index (χ1) is 7.07. The van der Waals surface area contributed by atoms with Gasteiger partial charge in [0.2, 0.25) is 5.95 Å². The quantitative estimate of drug-likeness (QED) is 0.737. The molecule has 1 aromatic rings. The van der Waals surface area contributed by atoms with Crippen LogP contribution < -0.4 is 4.90 Å². The summed E-state index contributed by atoms with van der Waals surface area (Å²) in [5.74, 6) is 2.02. The van der Waals surface area contributed by atoms with Gasteiger partial charge in [0, 0.05) is 39.6 Å². The first-order valence-corrected chi connectivity index (χ1v) is 7.00. The minimum Gasteiger partial charge on any atom is -0.339 e. The number of halogens is 1. The van der Waals surface area contributed by atoms with E-state index in [1.54, 1.807) is 0 Å². The van der Waals surface area contributed by atoms with E-state index in [1.807, 2.05) is 24.2 Å². The highest BCUT2D eigenvalue weighted by Gasteiger charge is 2.28. The van der Waals surface area contributed by atoms with E-state index in [0.717, 1.165) is 28.4 Å². The minimum absolute atomic E-state index is 0.310.